The van der Waals surface area contributed by atoms with E-state index in [0.29, 0.717) is 12.2 Å². The Morgan fingerprint density at radius 1 is 1.28 bits per heavy atom. The molecule has 0 saturated heterocycles. The molecule has 0 amide bonds. The number of dihydropyridines is 1. The standard InChI is InChI=1S/C30H45F2NO3/c1-10-13-15-24(20(4)17-18-23(12-3)29(34)36-30(7,8)9)22(6)35-27-19-26(28(31)32)33-25(21(27)5)16-14-11-2/h11-12,14,16-17,19,22-25,28,33H,2-3,10,13,15,18H2,1,4-9H3/b16-14-,20-17+. The second kappa shape index (κ2) is 14.8. The fourth-order valence-electron chi connectivity index (χ4n) is 4.04. The third-order valence-corrected chi connectivity index (χ3v) is 6.16. The zero-order valence-electron chi connectivity index (χ0n) is 23.1. The van der Waals surface area contributed by atoms with Gasteiger partial charge in [-0.3, -0.25) is 4.79 Å². The minimum Gasteiger partial charge on any atom is -0.490 e. The van der Waals surface area contributed by atoms with Crippen molar-refractivity contribution >= 4 is 5.97 Å². The highest BCUT2D eigenvalue weighted by molar-refractivity contribution is 5.75. The fraction of sp³-hybridized carbons (Fsp3) is 0.567. The van der Waals surface area contributed by atoms with Gasteiger partial charge >= 0.3 is 5.97 Å². The topological polar surface area (TPSA) is 47.6 Å². The maximum Gasteiger partial charge on any atom is 0.313 e. The first-order chi connectivity index (χ1) is 16.8. The number of alkyl halides is 2. The molecule has 0 aromatic carbocycles. The predicted molar refractivity (Wildman–Crippen MR) is 145 cm³/mol. The number of allylic oxidation sites excluding steroid dienone is 5. The molecule has 4 atom stereocenters. The Hall–Kier alpha value is -2.63. The van der Waals surface area contributed by atoms with Crippen LogP contribution in [0, 0.1) is 11.8 Å². The summed E-state index contributed by atoms with van der Waals surface area (Å²) in [5.74, 6) is -0.211. The van der Waals surface area contributed by atoms with E-state index in [-0.39, 0.29) is 23.7 Å². The number of hydrogen-bond acceptors (Lipinski definition) is 4. The van der Waals surface area contributed by atoms with Crippen LogP contribution in [0.5, 0.6) is 0 Å². The average molecular weight is 506 g/mol. The van der Waals surface area contributed by atoms with Gasteiger partial charge < -0.3 is 14.8 Å². The second-order valence-electron chi connectivity index (χ2n) is 10.3. The summed E-state index contributed by atoms with van der Waals surface area (Å²) in [6.45, 7) is 21.0. The molecule has 1 heterocycles. The molecule has 4 unspecified atom stereocenters. The lowest BCUT2D eigenvalue weighted by molar-refractivity contribution is -0.158. The largest absolute Gasteiger partial charge is 0.490 e. The quantitative estimate of drug-likeness (QED) is 0.149. The number of rotatable bonds is 14. The molecule has 0 radical (unpaired) electrons. The highest BCUT2D eigenvalue weighted by Gasteiger charge is 2.28. The Labute approximate surface area is 216 Å². The number of esters is 1. The van der Waals surface area contributed by atoms with Crippen molar-refractivity contribution in [3.8, 4) is 0 Å². The maximum atomic E-state index is 13.6. The Morgan fingerprint density at radius 3 is 2.47 bits per heavy atom. The maximum absolute atomic E-state index is 13.6. The number of hydrogen-bond donors (Lipinski definition) is 1. The van der Waals surface area contributed by atoms with E-state index < -0.39 is 24.0 Å². The second-order valence-corrected chi connectivity index (χ2v) is 10.3. The van der Waals surface area contributed by atoms with E-state index in [0.717, 1.165) is 30.4 Å². The first kappa shape index (κ1) is 31.4. The summed E-state index contributed by atoms with van der Waals surface area (Å²) in [6, 6.07) is -0.396. The number of unbranched alkanes of at least 4 members (excludes halogenated alkanes) is 1. The number of carbonyl (C=O) groups is 1. The van der Waals surface area contributed by atoms with Gasteiger partial charge in [-0.1, -0.05) is 62.3 Å². The normalized spacial score (nSPS) is 19.4. The van der Waals surface area contributed by atoms with E-state index in [4.69, 9.17) is 9.47 Å². The molecule has 0 aromatic rings. The molecule has 36 heavy (non-hydrogen) atoms. The van der Waals surface area contributed by atoms with E-state index in [1.807, 2.05) is 41.5 Å². The third-order valence-electron chi connectivity index (χ3n) is 6.16. The van der Waals surface area contributed by atoms with Crippen LogP contribution in [-0.4, -0.2) is 30.1 Å². The van der Waals surface area contributed by atoms with Crippen LogP contribution in [-0.2, 0) is 14.3 Å². The lowest BCUT2D eigenvalue weighted by atomic mass is 9.88. The van der Waals surface area contributed by atoms with Gasteiger partial charge in [-0.15, -0.1) is 6.58 Å². The Kier molecular flexibility index (Phi) is 12.9. The van der Waals surface area contributed by atoms with Crippen LogP contribution in [0.25, 0.3) is 0 Å². The smallest absolute Gasteiger partial charge is 0.313 e. The van der Waals surface area contributed by atoms with E-state index in [1.54, 1.807) is 24.3 Å². The Balaban J connectivity index is 3.16. The van der Waals surface area contributed by atoms with Crippen molar-refractivity contribution in [2.75, 3.05) is 0 Å². The van der Waals surface area contributed by atoms with Gasteiger partial charge in [0, 0.05) is 12.0 Å². The van der Waals surface area contributed by atoms with Gasteiger partial charge in [0.05, 0.1) is 17.7 Å². The summed E-state index contributed by atoms with van der Waals surface area (Å²) in [6.07, 6.45) is 10.7. The van der Waals surface area contributed by atoms with Crippen molar-refractivity contribution in [1.82, 2.24) is 5.32 Å². The SMILES string of the molecule is C=C/C=C\C1NC(C(F)F)=CC(OC(C)C(CCCC)/C(C)=C/CC(C=C)C(=O)OC(C)(C)C)=C1C. The number of ether oxygens (including phenoxy) is 2. The molecule has 202 valence electrons. The van der Waals surface area contributed by atoms with E-state index in [9.17, 15) is 13.6 Å². The molecule has 0 saturated carbocycles. The van der Waals surface area contributed by atoms with Crippen LogP contribution in [0.2, 0.25) is 0 Å². The van der Waals surface area contributed by atoms with Crippen molar-refractivity contribution < 1.29 is 23.0 Å². The van der Waals surface area contributed by atoms with Crippen LogP contribution < -0.4 is 5.32 Å². The molecular formula is C30H45F2NO3. The third kappa shape index (κ3) is 10.2. The number of carbonyl (C=O) groups excluding carboxylic acids is 1. The van der Waals surface area contributed by atoms with Gasteiger partial charge in [0.25, 0.3) is 6.43 Å². The Bertz CT molecular complexity index is 877. The number of nitrogens with one attached hydrogen (secondary N) is 1. The summed E-state index contributed by atoms with van der Waals surface area (Å²) < 4.78 is 39.0. The van der Waals surface area contributed by atoms with Crippen molar-refractivity contribution in [1.29, 1.82) is 0 Å². The van der Waals surface area contributed by atoms with Gasteiger partial charge in [-0.25, -0.2) is 8.78 Å². The summed E-state index contributed by atoms with van der Waals surface area (Å²) >= 11 is 0. The lowest BCUT2D eigenvalue weighted by Crippen LogP contribution is -2.35. The van der Waals surface area contributed by atoms with Crippen LogP contribution in [0.1, 0.15) is 74.1 Å². The van der Waals surface area contributed by atoms with E-state index in [1.165, 1.54) is 6.08 Å². The molecule has 1 aliphatic heterocycles. The average Bonchev–Trinajstić information content (AvgIpc) is 2.78. The van der Waals surface area contributed by atoms with Gasteiger partial charge in [-0.2, -0.15) is 0 Å². The van der Waals surface area contributed by atoms with E-state index >= 15 is 0 Å². The molecule has 0 spiro atoms. The molecular weight excluding hydrogens is 460 g/mol. The molecule has 0 bridgehead atoms. The highest BCUT2D eigenvalue weighted by atomic mass is 19.3. The van der Waals surface area contributed by atoms with Crippen molar-refractivity contribution in [3.63, 3.8) is 0 Å². The first-order valence-corrected chi connectivity index (χ1v) is 12.8. The zero-order valence-corrected chi connectivity index (χ0v) is 23.1. The molecule has 6 heteroatoms. The van der Waals surface area contributed by atoms with Crippen molar-refractivity contribution in [2.24, 2.45) is 11.8 Å². The summed E-state index contributed by atoms with van der Waals surface area (Å²) in [5, 5.41) is 2.87. The number of halogens is 2. The molecule has 0 fully saturated rings. The van der Waals surface area contributed by atoms with Crippen LogP contribution >= 0.6 is 0 Å². The minimum absolute atomic E-state index is 0.0646. The monoisotopic (exact) mass is 505 g/mol. The Morgan fingerprint density at radius 2 is 1.94 bits per heavy atom. The molecule has 0 aliphatic carbocycles. The summed E-state index contributed by atoms with van der Waals surface area (Å²) in [7, 11) is 0. The lowest BCUT2D eigenvalue weighted by Gasteiger charge is -2.31. The summed E-state index contributed by atoms with van der Waals surface area (Å²) in [5.41, 5.74) is 1.20. The first-order valence-electron chi connectivity index (χ1n) is 12.8. The minimum atomic E-state index is -2.63. The molecule has 1 aliphatic rings. The van der Waals surface area contributed by atoms with Gasteiger partial charge in [0.2, 0.25) is 0 Å². The molecule has 4 nitrogen and oxygen atoms in total. The fourth-order valence-corrected chi connectivity index (χ4v) is 4.04. The van der Waals surface area contributed by atoms with Crippen molar-refractivity contribution in [3.05, 3.63) is 72.2 Å². The van der Waals surface area contributed by atoms with Crippen LogP contribution in [0.4, 0.5) is 8.78 Å². The highest BCUT2D eigenvalue weighted by Crippen LogP contribution is 2.30. The molecule has 1 N–H and O–H groups in total. The predicted octanol–water partition coefficient (Wildman–Crippen LogP) is 7.82. The molecule has 1 rings (SSSR count). The van der Waals surface area contributed by atoms with Crippen LogP contribution in [0.3, 0.4) is 0 Å². The van der Waals surface area contributed by atoms with Crippen LogP contribution in [0.15, 0.2) is 72.2 Å². The van der Waals surface area contributed by atoms with Crippen molar-refractivity contribution in [2.45, 2.75) is 98.3 Å². The summed E-state index contributed by atoms with van der Waals surface area (Å²) in [4.78, 5) is 12.5. The molecule has 0 aromatic heterocycles. The zero-order chi connectivity index (χ0) is 27.5. The van der Waals surface area contributed by atoms with Gasteiger partial charge in [0.15, 0.2) is 0 Å². The van der Waals surface area contributed by atoms with Gasteiger partial charge in [0.1, 0.15) is 17.5 Å². The van der Waals surface area contributed by atoms with E-state index in [2.05, 4.69) is 31.5 Å². The van der Waals surface area contributed by atoms with Gasteiger partial charge in [-0.05, 0) is 60.0 Å².